The van der Waals surface area contributed by atoms with Crippen molar-refractivity contribution in [3.05, 3.63) is 0 Å². The van der Waals surface area contributed by atoms with E-state index < -0.39 is 0 Å². The van der Waals surface area contributed by atoms with Gasteiger partial charge >= 0.3 is 0 Å². The van der Waals surface area contributed by atoms with Gasteiger partial charge in [-0.1, -0.05) is 349 Å². The van der Waals surface area contributed by atoms with Crippen LogP contribution in [0.2, 0.25) is 0 Å². The van der Waals surface area contributed by atoms with E-state index in [1.54, 1.807) is 0 Å². The monoisotopic (exact) mass is 1300 g/mol. The van der Waals surface area contributed by atoms with Crippen molar-refractivity contribution in [1.82, 2.24) is 30.7 Å². The van der Waals surface area contributed by atoms with Gasteiger partial charge in [0.1, 0.15) is 5.78 Å². The lowest BCUT2D eigenvalue weighted by atomic mass is 10.0. The molecule has 546 valence electrons. The van der Waals surface area contributed by atoms with Gasteiger partial charge in [0.25, 0.3) is 0 Å². The quantitative estimate of drug-likeness (QED) is 0.0520. The molecule has 0 saturated heterocycles. The fourth-order valence-electron chi connectivity index (χ4n) is 13.3. The normalized spacial score (nSPS) is 11.7. The molecule has 10 heteroatoms. The summed E-state index contributed by atoms with van der Waals surface area (Å²) in [6.45, 7) is 21.3. The molecule has 3 N–H and O–H groups in total. The summed E-state index contributed by atoms with van der Waals surface area (Å²) in [6.07, 6.45) is 75.1. The summed E-state index contributed by atoms with van der Waals surface area (Å²) in [6, 6.07) is 0. The Bertz CT molecular complexity index is 1470. The number of amides is 3. The van der Waals surface area contributed by atoms with Crippen LogP contribution in [0.5, 0.6) is 0 Å². The van der Waals surface area contributed by atoms with E-state index >= 15 is 0 Å². The van der Waals surface area contributed by atoms with Crippen molar-refractivity contribution in [1.29, 1.82) is 0 Å². The Labute approximate surface area is 575 Å². The molecule has 0 bridgehead atoms. The van der Waals surface area contributed by atoms with Crippen molar-refractivity contribution in [3.8, 4) is 0 Å². The van der Waals surface area contributed by atoms with E-state index in [4.69, 9.17) is 0 Å². The van der Waals surface area contributed by atoms with Gasteiger partial charge in [-0.05, 0) is 64.6 Å². The molecule has 0 aliphatic heterocycles. The number of hydrogen-bond donors (Lipinski definition) is 3. The van der Waals surface area contributed by atoms with Gasteiger partial charge in [0.05, 0.1) is 0 Å². The predicted octanol–water partition coefficient (Wildman–Crippen LogP) is 22.7. The van der Waals surface area contributed by atoms with Crippen LogP contribution in [-0.4, -0.2) is 117 Å². The van der Waals surface area contributed by atoms with E-state index in [9.17, 15) is 19.2 Å². The maximum absolute atomic E-state index is 13.4. The number of nitrogens with zero attached hydrogens (tertiary/aromatic N) is 3. The molecule has 0 aromatic carbocycles. The first-order chi connectivity index (χ1) is 45.3. The molecule has 0 atom stereocenters. The standard InChI is InChI=1S/C82H164N6O4/c1-6-11-16-21-26-31-35-36-37-39-43-48-53-59-71-87(73-63-79(89)62-55-49-44-40-38-32-27-22-17-12-7-2)77-78-88(76-66-82(92)85-69-56-50-45-30-25-20-15-10-5)72-61-54-60-70-86(74-64-80(90)83-67-57-51-46-41-33-28-23-18-13-8-3)75-65-81(91)84-68-58-52-47-42-34-29-24-19-14-9-4/h6-78H2,1-5H3,(H,83,90)(H,84,91)(H,85,92). The summed E-state index contributed by atoms with van der Waals surface area (Å²) in [7, 11) is 0. The third kappa shape index (κ3) is 70.8. The van der Waals surface area contributed by atoms with E-state index in [0.29, 0.717) is 44.6 Å². The van der Waals surface area contributed by atoms with Crippen LogP contribution < -0.4 is 16.0 Å². The summed E-state index contributed by atoms with van der Waals surface area (Å²) in [5, 5.41) is 9.70. The average molecular weight is 1300 g/mol. The fraction of sp³-hybridized carbons (Fsp3) is 0.951. The molecule has 0 saturated carbocycles. The highest BCUT2D eigenvalue weighted by Crippen LogP contribution is 2.18. The first-order valence-corrected chi connectivity index (χ1v) is 41.8. The molecule has 0 rings (SSSR count). The second-order valence-corrected chi connectivity index (χ2v) is 28.9. The zero-order valence-electron chi connectivity index (χ0n) is 63.1. The van der Waals surface area contributed by atoms with Gasteiger partial charge in [-0.25, -0.2) is 0 Å². The van der Waals surface area contributed by atoms with Crippen LogP contribution in [0.4, 0.5) is 0 Å². The molecule has 10 nitrogen and oxygen atoms in total. The molecule has 3 amide bonds. The maximum atomic E-state index is 13.4. The highest BCUT2D eigenvalue weighted by atomic mass is 16.2. The topological polar surface area (TPSA) is 114 Å². The summed E-state index contributed by atoms with van der Waals surface area (Å²) in [5.41, 5.74) is 0. The van der Waals surface area contributed by atoms with Gasteiger partial charge in [-0.3, -0.25) is 19.2 Å². The molecule has 0 radical (unpaired) electrons. The first-order valence-electron chi connectivity index (χ1n) is 41.8. The molecule has 92 heavy (non-hydrogen) atoms. The van der Waals surface area contributed by atoms with Gasteiger partial charge < -0.3 is 30.7 Å². The number of carbonyl (C=O) groups is 4. The largest absolute Gasteiger partial charge is 0.356 e. The summed E-state index contributed by atoms with van der Waals surface area (Å²) in [5.74, 6) is 0.851. The number of ketones is 1. The zero-order valence-corrected chi connectivity index (χ0v) is 63.1. The molecule has 0 aliphatic rings. The Morgan fingerprint density at radius 3 is 0.620 bits per heavy atom. The van der Waals surface area contributed by atoms with E-state index in [2.05, 4.69) is 65.3 Å². The Morgan fingerprint density at radius 2 is 0.370 bits per heavy atom. The predicted molar refractivity (Wildman–Crippen MR) is 403 cm³/mol. The third-order valence-electron chi connectivity index (χ3n) is 19.8. The van der Waals surface area contributed by atoms with Gasteiger partial charge in [-0.15, -0.1) is 0 Å². The molecule has 0 aliphatic carbocycles. The van der Waals surface area contributed by atoms with Crippen LogP contribution in [0.25, 0.3) is 0 Å². The summed E-state index contributed by atoms with van der Waals surface area (Å²) < 4.78 is 0. The van der Waals surface area contributed by atoms with Crippen molar-refractivity contribution in [2.75, 3.05) is 78.5 Å². The van der Waals surface area contributed by atoms with Crippen molar-refractivity contribution >= 4 is 23.5 Å². The first kappa shape index (κ1) is 90.0. The Kier molecular flexibility index (Phi) is 74.6. The zero-order chi connectivity index (χ0) is 66.8. The minimum Gasteiger partial charge on any atom is -0.356 e. The fourth-order valence-corrected chi connectivity index (χ4v) is 13.3. The molecule has 0 heterocycles. The maximum Gasteiger partial charge on any atom is 0.221 e. The Morgan fingerprint density at radius 1 is 0.185 bits per heavy atom. The van der Waals surface area contributed by atoms with Crippen LogP contribution in [-0.2, 0) is 19.2 Å². The van der Waals surface area contributed by atoms with Gasteiger partial charge in [0.15, 0.2) is 0 Å². The lowest BCUT2D eigenvalue weighted by Gasteiger charge is -2.28. The average Bonchev–Trinajstić information content (AvgIpc) is 3.71. The van der Waals surface area contributed by atoms with Gasteiger partial charge in [0.2, 0.25) is 17.7 Å². The smallest absolute Gasteiger partial charge is 0.221 e. The summed E-state index contributed by atoms with van der Waals surface area (Å²) >= 11 is 0. The van der Waals surface area contributed by atoms with Crippen molar-refractivity contribution < 1.29 is 19.2 Å². The lowest BCUT2D eigenvalue weighted by Crippen LogP contribution is -2.39. The number of nitrogens with one attached hydrogen (secondary N) is 3. The molecule has 0 aromatic heterocycles. The molecule has 0 spiro atoms. The second-order valence-electron chi connectivity index (χ2n) is 28.9. The van der Waals surface area contributed by atoms with E-state index in [0.717, 1.165) is 117 Å². The number of rotatable bonds is 79. The molecular weight excluding hydrogens is 1130 g/mol. The second kappa shape index (κ2) is 76.3. The van der Waals surface area contributed by atoms with Crippen molar-refractivity contribution in [3.63, 3.8) is 0 Å². The van der Waals surface area contributed by atoms with Crippen LogP contribution in [0.1, 0.15) is 426 Å². The third-order valence-corrected chi connectivity index (χ3v) is 19.8. The van der Waals surface area contributed by atoms with Crippen LogP contribution >= 0.6 is 0 Å². The van der Waals surface area contributed by atoms with Crippen molar-refractivity contribution in [2.24, 2.45) is 0 Å². The molecule has 0 fully saturated rings. The molecular formula is C82H164N6O4. The number of carbonyl (C=O) groups excluding carboxylic acids is 4. The lowest BCUT2D eigenvalue weighted by molar-refractivity contribution is -0.122. The number of hydrogen-bond acceptors (Lipinski definition) is 7. The van der Waals surface area contributed by atoms with Crippen LogP contribution in [0.15, 0.2) is 0 Å². The van der Waals surface area contributed by atoms with Crippen molar-refractivity contribution in [2.45, 2.75) is 426 Å². The van der Waals surface area contributed by atoms with E-state index in [-0.39, 0.29) is 17.7 Å². The minimum atomic E-state index is 0.126. The van der Waals surface area contributed by atoms with Gasteiger partial charge in [-0.2, -0.15) is 0 Å². The Hall–Kier alpha value is -2.04. The number of Topliss-reactive ketones (excluding diaryl/α,β-unsaturated/α-hetero) is 1. The van der Waals surface area contributed by atoms with E-state index in [1.807, 2.05) is 0 Å². The van der Waals surface area contributed by atoms with Gasteiger partial charge in [0, 0.05) is 91.0 Å². The molecule has 0 unspecified atom stereocenters. The highest BCUT2D eigenvalue weighted by Gasteiger charge is 2.16. The Balaban J connectivity index is 5.71. The molecule has 0 aromatic rings. The number of unbranched alkanes of at least 4 members (excludes halogenated alkanes) is 50. The van der Waals surface area contributed by atoms with Crippen LogP contribution in [0, 0.1) is 0 Å². The van der Waals surface area contributed by atoms with E-state index in [1.165, 1.54) is 315 Å². The highest BCUT2D eigenvalue weighted by molar-refractivity contribution is 5.78. The van der Waals surface area contributed by atoms with Crippen LogP contribution in [0.3, 0.4) is 0 Å². The minimum absolute atomic E-state index is 0.126. The summed E-state index contributed by atoms with van der Waals surface area (Å²) in [4.78, 5) is 60.7. The SMILES string of the molecule is CCCCCCCCCCCCCCCCN(CCC(=O)CCCCCCCCCCCCC)CCN(CCCCCN(CCC(=O)NCCCCCCCCCCCC)CCC(=O)NCCCCCCCCCCCC)CCC(=O)NCCCCCCCCCC.